The van der Waals surface area contributed by atoms with E-state index in [9.17, 15) is 34.2 Å². The number of benzene rings is 3. The molecule has 1 fully saturated rings. The van der Waals surface area contributed by atoms with Crippen molar-refractivity contribution in [3.63, 3.8) is 0 Å². The molecule has 1 saturated carbocycles. The molecule has 3 unspecified atom stereocenters. The number of halogens is 2. The first-order chi connectivity index (χ1) is 19.9. The molecule has 12 heteroatoms. The van der Waals surface area contributed by atoms with Crippen molar-refractivity contribution in [3.8, 4) is 0 Å². The van der Waals surface area contributed by atoms with Gasteiger partial charge in [-0.1, -0.05) is 59.6 Å². The largest absolute Gasteiger partial charge is 0.481 e. The SMILES string of the molecule is COC(=O)C1C(C(=O)O)C(C(=O)N[C@H](C)C(Cc2ccc(Cl)c(Cl)c2)OC(=O)c2ccc3ccccc3c2)C1C(=O)O. The molecule has 0 heterocycles. The Labute approximate surface area is 250 Å². The Balaban J connectivity index is 1.59. The van der Waals surface area contributed by atoms with Gasteiger partial charge in [0.15, 0.2) is 0 Å². The molecule has 0 aromatic heterocycles. The first-order valence-corrected chi connectivity index (χ1v) is 13.7. The summed E-state index contributed by atoms with van der Waals surface area (Å²) in [5, 5.41) is 24.3. The number of amides is 1. The fourth-order valence-corrected chi connectivity index (χ4v) is 5.59. The molecule has 0 spiro atoms. The molecule has 3 aromatic carbocycles. The van der Waals surface area contributed by atoms with Crippen molar-refractivity contribution in [3.05, 3.63) is 81.8 Å². The highest BCUT2D eigenvalue weighted by molar-refractivity contribution is 6.42. The first kappa shape index (κ1) is 30.8. The van der Waals surface area contributed by atoms with Crippen molar-refractivity contribution >= 4 is 63.8 Å². The highest BCUT2D eigenvalue weighted by Crippen LogP contribution is 2.47. The van der Waals surface area contributed by atoms with E-state index in [2.05, 4.69) is 10.1 Å². The minimum atomic E-state index is -1.61. The maximum absolute atomic E-state index is 13.3. The summed E-state index contributed by atoms with van der Waals surface area (Å²) in [5.41, 5.74) is 0.895. The van der Waals surface area contributed by atoms with Crippen LogP contribution in [0.3, 0.4) is 0 Å². The zero-order valence-electron chi connectivity index (χ0n) is 22.5. The molecule has 0 radical (unpaired) electrons. The van der Waals surface area contributed by atoms with Crippen molar-refractivity contribution < 1.29 is 43.7 Å². The highest BCUT2D eigenvalue weighted by Gasteiger charge is 2.64. The topological polar surface area (TPSA) is 156 Å². The van der Waals surface area contributed by atoms with E-state index in [1.54, 1.807) is 36.4 Å². The van der Waals surface area contributed by atoms with E-state index >= 15 is 0 Å². The fourth-order valence-electron chi connectivity index (χ4n) is 5.27. The second-order valence-electron chi connectivity index (χ2n) is 10.1. The van der Waals surface area contributed by atoms with Crippen LogP contribution in [-0.2, 0) is 35.1 Å². The number of nitrogens with one attached hydrogen (secondary N) is 1. The minimum absolute atomic E-state index is 0.0812. The maximum Gasteiger partial charge on any atom is 0.338 e. The fraction of sp³-hybridized carbons (Fsp3) is 0.300. The van der Waals surface area contributed by atoms with Gasteiger partial charge in [0, 0.05) is 6.42 Å². The van der Waals surface area contributed by atoms with Crippen LogP contribution in [0.2, 0.25) is 10.0 Å². The summed E-state index contributed by atoms with van der Waals surface area (Å²) in [4.78, 5) is 62.6. The number of methoxy groups -OCH3 is 1. The van der Waals surface area contributed by atoms with Crippen LogP contribution in [0.15, 0.2) is 60.7 Å². The van der Waals surface area contributed by atoms with Gasteiger partial charge in [0.05, 0.1) is 52.4 Å². The number of carbonyl (C=O) groups is 5. The number of esters is 2. The molecule has 10 nitrogen and oxygen atoms in total. The molecule has 0 saturated heterocycles. The number of hydrogen-bond acceptors (Lipinski definition) is 7. The van der Waals surface area contributed by atoms with Gasteiger partial charge in [0.25, 0.3) is 0 Å². The van der Waals surface area contributed by atoms with Crippen LogP contribution in [0, 0.1) is 23.7 Å². The molecule has 3 aromatic rings. The van der Waals surface area contributed by atoms with Gasteiger partial charge in [-0.05, 0) is 47.5 Å². The predicted molar refractivity (Wildman–Crippen MR) is 152 cm³/mol. The lowest BCUT2D eigenvalue weighted by Crippen LogP contribution is -2.63. The zero-order valence-corrected chi connectivity index (χ0v) is 24.0. The number of fused-ring (bicyclic) bond motifs is 1. The van der Waals surface area contributed by atoms with Crippen LogP contribution >= 0.6 is 23.2 Å². The van der Waals surface area contributed by atoms with Crippen LogP contribution < -0.4 is 5.32 Å². The van der Waals surface area contributed by atoms with Gasteiger partial charge in [0.2, 0.25) is 5.91 Å². The average Bonchev–Trinajstić information content (AvgIpc) is 2.93. The van der Waals surface area contributed by atoms with Gasteiger partial charge in [-0.2, -0.15) is 0 Å². The van der Waals surface area contributed by atoms with E-state index < -0.39 is 65.6 Å². The Morgan fingerprint density at radius 3 is 2.07 bits per heavy atom. The van der Waals surface area contributed by atoms with Crippen molar-refractivity contribution in [2.45, 2.75) is 25.5 Å². The lowest BCUT2D eigenvalue weighted by molar-refractivity contribution is -0.188. The smallest absolute Gasteiger partial charge is 0.338 e. The van der Waals surface area contributed by atoms with Gasteiger partial charge in [-0.15, -0.1) is 0 Å². The van der Waals surface area contributed by atoms with Gasteiger partial charge in [0.1, 0.15) is 6.10 Å². The summed E-state index contributed by atoms with van der Waals surface area (Å²) < 4.78 is 10.4. The number of hydrogen-bond donors (Lipinski definition) is 3. The molecular formula is C30H27Cl2NO9. The van der Waals surface area contributed by atoms with E-state index in [0.29, 0.717) is 10.6 Å². The number of ether oxygens (including phenoxy) is 2. The first-order valence-electron chi connectivity index (χ1n) is 12.9. The molecular weight excluding hydrogens is 589 g/mol. The predicted octanol–water partition coefficient (Wildman–Crippen LogP) is 4.24. The summed E-state index contributed by atoms with van der Waals surface area (Å²) in [7, 11) is 1.01. The summed E-state index contributed by atoms with van der Waals surface area (Å²) in [6.07, 6.45) is -0.911. The minimum Gasteiger partial charge on any atom is -0.481 e. The number of aliphatic carboxylic acids is 2. The van der Waals surface area contributed by atoms with Gasteiger partial charge in [-0.25, -0.2) is 4.79 Å². The van der Waals surface area contributed by atoms with Gasteiger partial charge in [-0.3, -0.25) is 19.2 Å². The number of carboxylic acid groups (broad SMARTS) is 2. The Bertz CT molecular complexity index is 1540. The third-order valence-corrected chi connectivity index (χ3v) is 8.23. The third kappa shape index (κ3) is 6.34. The van der Waals surface area contributed by atoms with Crippen molar-refractivity contribution in [1.29, 1.82) is 0 Å². The number of carboxylic acids is 2. The van der Waals surface area contributed by atoms with Crippen LogP contribution in [0.25, 0.3) is 10.8 Å². The quantitative estimate of drug-likeness (QED) is 0.284. The average molecular weight is 616 g/mol. The lowest BCUT2D eigenvalue weighted by atomic mass is 9.56. The molecule has 4 atom stereocenters. The maximum atomic E-state index is 13.3. The second-order valence-corrected chi connectivity index (χ2v) is 10.9. The third-order valence-electron chi connectivity index (χ3n) is 7.49. The Morgan fingerprint density at radius 2 is 1.48 bits per heavy atom. The molecule has 1 aliphatic carbocycles. The Morgan fingerprint density at radius 1 is 0.833 bits per heavy atom. The Kier molecular flexibility index (Phi) is 9.38. The molecule has 3 N–H and O–H groups in total. The van der Waals surface area contributed by atoms with E-state index in [1.165, 1.54) is 6.92 Å². The molecule has 1 amide bonds. The summed E-state index contributed by atoms with van der Waals surface area (Å²) in [6, 6.07) is 16.4. The molecule has 0 aliphatic heterocycles. The second kappa shape index (κ2) is 12.8. The molecule has 4 rings (SSSR count). The van der Waals surface area contributed by atoms with Crippen LogP contribution in [-0.4, -0.2) is 59.3 Å². The van der Waals surface area contributed by atoms with Gasteiger partial charge >= 0.3 is 23.9 Å². The summed E-state index contributed by atoms with van der Waals surface area (Å²) >= 11 is 12.2. The highest BCUT2D eigenvalue weighted by atomic mass is 35.5. The number of rotatable bonds is 10. The Hall–Kier alpha value is -4.15. The van der Waals surface area contributed by atoms with Crippen LogP contribution in [0.4, 0.5) is 0 Å². The van der Waals surface area contributed by atoms with Crippen LogP contribution in [0.5, 0.6) is 0 Å². The molecule has 220 valence electrons. The molecule has 0 bridgehead atoms. The standard InChI is InChI=1S/C30H27Cl2NO9/c1-14(33-26(34)22-23(27(35)36)25(30(40)41-2)24(22)28(37)38)21(12-15-7-10-19(31)20(32)11-15)42-29(39)18-9-8-16-5-3-4-6-17(16)13-18/h3-11,13-14,21-25H,12H2,1-2H3,(H,33,34)(H,35,36)(H,37,38)/t14-,21?,22?,23?,24?,25?/m1/s1. The summed E-state index contributed by atoms with van der Waals surface area (Å²) in [6.45, 7) is 1.54. The van der Waals surface area contributed by atoms with E-state index in [-0.39, 0.29) is 17.0 Å². The normalized spacial score (nSPS) is 21.0. The van der Waals surface area contributed by atoms with E-state index in [1.807, 2.05) is 24.3 Å². The van der Waals surface area contributed by atoms with Crippen molar-refractivity contribution in [2.24, 2.45) is 23.7 Å². The number of carbonyl (C=O) groups excluding carboxylic acids is 3. The molecule has 1 aliphatic rings. The summed E-state index contributed by atoms with van der Waals surface area (Å²) in [5.74, 6) is -12.0. The van der Waals surface area contributed by atoms with Crippen molar-refractivity contribution in [1.82, 2.24) is 5.32 Å². The monoisotopic (exact) mass is 615 g/mol. The van der Waals surface area contributed by atoms with E-state index in [4.69, 9.17) is 27.9 Å². The molecule has 42 heavy (non-hydrogen) atoms. The zero-order chi connectivity index (χ0) is 30.7. The van der Waals surface area contributed by atoms with Gasteiger partial charge < -0.3 is 25.0 Å². The van der Waals surface area contributed by atoms with Crippen LogP contribution in [0.1, 0.15) is 22.8 Å². The lowest BCUT2D eigenvalue weighted by Gasteiger charge is -2.45. The van der Waals surface area contributed by atoms with Crippen molar-refractivity contribution in [2.75, 3.05) is 7.11 Å². The van der Waals surface area contributed by atoms with E-state index in [0.717, 1.165) is 17.9 Å².